The fraction of sp³-hybridized carbons (Fsp3) is 0.457. The molecule has 3 atom stereocenters. The van der Waals surface area contributed by atoms with Crippen LogP contribution in [0.3, 0.4) is 0 Å². The number of likely N-dealkylation sites (tertiary alicyclic amines) is 1. The van der Waals surface area contributed by atoms with Crippen LogP contribution in [0, 0.1) is 16.2 Å². The summed E-state index contributed by atoms with van der Waals surface area (Å²) in [5, 5.41) is 36.9. The molecule has 2 amide bonds. The minimum Gasteiger partial charge on any atom is -0.484 e. The molecule has 13 heteroatoms. The SMILES string of the molecule is C[C@H]1CCCCN1C(=N)n1cc(O[C@@H]2CC[C@H](NC(=O)NC(C=C(N)C(C)(C)C)=Nc3ccn(CCO)n3)c3ccccc32)ccc1=N. The summed E-state index contributed by atoms with van der Waals surface area (Å²) in [6.07, 6.45) is 9.31. The Hall–Kier alpha value is -4.91. The molecule has 1 saturated heterocycles. The fourth-order valence-corrected chi connectivity index (χ4v) is 6.00. The molecule has 1 aromatic carbocycles. The second-order valence-corrected chi connectivity index (χ2v) is 13.5. The number of rotatable bonds is 7. The molecule has 0 radical (unpaired) electrons. The van der Waals surface area contributed by atoms with Crippen LogP contribution in [0.25, 0.3) is 0 Å². The van der Waals surface area contributed by atoms with Crippen LogP contribution < -0.4 is 26.6 Å². The Morgan fingerprint density at radius 2 is 1.92 bits per heavy atom. The highest BCUT2D eigenvalue weighted by Gasteiger charge is 2.30. The van der Waals surface area contributed by atoms with Gasteiger partial charge in [-0.3, -0.25) is 25.4 Å². The Morgan fingerprint density at radius 1 is 1.15 bits per heavy atom. The predicted octanol–water partition coefficient (Wildman–Crippen LogP) is 4.69. The van der Waals surface area contributed by atoms with Crippen LogP contribution in [-0.4, -0.2) is 61.4 Å². The van der Waals surface area contributed by atoms with E-state index in [1.54, 1.807) is 45.9 Å². The zero-order valence-electron chi connectivity index (χ0n) is 28.2. The molecule has 256 valence electrons. The van der Waals surface area contributed by atoms with Gasteiger partial charge in [-0.2, -0.15) is 5.10 Å². The van der Waals surface area contributed by atoms with Crippen LogP contribution in [0.1, 0.15) is 83.1 Å². The Morgan fingerprint density at radius 3 is 2.65 bits per heavy atom. The van der Waals surface area contributed by atoms with Gasteiger partial charge in [-0.1, -0.05) is 45.0 Å². The summed E-state index contributed by atoms with van der Waals surface area (Å²) >= 11 is 0. The van der Waals surface area contributed by atoms with E-state index < -0.39 is 6.03 Å². The first-order valence-corrected chi connectivity index (χ1v) is 16.6. The normalized spacial score (nSPS) is 20.2. The van der Waals surface area contributed by atoms with E-state index in [2.05, 4.69) is 32.5 Å². The Bertz CT molecular complexity index is 1730. The quantitative estimate of drug-likeness (QED) is 0.158. The summed E-state index contributed by atoms with van der Waals surface area (Å²) < 4.78 is 9.66. The van der Waals surface area contributed by atoms with E-state index in [4.69, 9.17) is 21.3 Å². The molecule has 48 heavy (non-hydrogen) atoms. The minimum atomic E-state index is -0.432. The molecule has 1 aliphatic carbocycles. The van der Waals surface area contributed by atoms with Crippen molar-refractivity contribution in [3.05, 3.63) is 83.2 Å². The van der Waals surface area contributed by atoms with Gasteiger partial charge in [-0.15, -0.1) is 0 Å². The molecule has 2 aromatic heterocycles. The van der Waals surface area contributed by atoms with E-state index in [-0.39, 0.29) is 47.5 Å². The molecule has 7 N–H and O–H groups in total. The predicted molar refractivity (Wildman–Crippen MR) is 185 cm³/mol. The number of fused-ring (bicyclic) bond motifs is 1. The summed E-state index contributed by atoms with van der Waals surface area (Å²) in [7, 11) is 0. The van der Waals surface area contributed by atoms with Crippen LogP contribution in [0.15, 0.2) is 71.6 Å². The lowest BCUT2D eigenvalue weighted by molar-refractivity contribution is 0.170. The summed E-state index contributed by atoms with van der Waals surface area (Å²) in [4.78, 5) is 20.0. The average Bonchev–Trinajstić information content (AvgIpc) is 3.49. The number of ether oxygens (including phenoxy) is 1. The van der Waals surface area contributed by atoms with Gasteiger partial charge in [0, 0.05) is 42.0 Å². The molecular formula is C35H48N10O3. The third-order valence-corrected chi connectivity index (χ3v) is 8.83. The molecule has 0 spiro atoms. The van der Waals surface area contributed by atoms with E-state index in [1.807, 2.05) is 45.0 Å². The number of aliphatic hydroxyl groups is 1. The van der Waals surface area contributed by atoms with E-state index in [0.29, 0.717) is 36.7 Å². The minimum absolute atomic E-state index is 0.0514. The molecule has 3 heterocycles. The lowest BCUT2D eigenvalue weighted by Gasteiger charge is -2.36. The van der Waals surface area contributed by atoms with Crippen molar-refractivity contribution in [2.24, 2.45) is 16.1 Å². The van der Waals surface area contributed by atoms with Crippen molar-refractivity contribution in [2.45, 2.75) is 84.5 Å². The van der Waals surface area contributed by atoms with Gasteiger partial charge < -0.3 is 25.8 Å². The second kappa shape index (κ2) is 14.9. The lowest BCUT2D eigenvalue weighted by atomic mass is 9.85. The van der Waals surface area contributed by atoms with Crippen molar-refractivity contribution in [1.82, 2.24) is 29.9 Å². The van der Waals surface area contributed by atoms with Crippen LogP contribution >= 0.6 is 0 Å². The van der Waals surface area contributed by atoms with Crippen molar-refractivity contribution in [3.8, 4) is 5.75 Å². The van der Waals surface area contributed by atoms with E-state index in [9.17, 15) is 9.90 Å². The zero-order valence-corrected chi connectivity index (χ0v) is 28.2. The second-order valence-electron chi connectivity index (χ2n) is 13.5. The molecule has 5 rings (SSSR count). The monoisotopic (exact) mass is 656 g/mol. The molecule has 2 aliphatic rings. The summed E-state index contributed by atoms with van der Waals surface area (Å²) in [6.45, 7) is 9.14. The largest absolute Gasteiger partial charge is 0.484 e. The van der Waals surface area contributed by atoms with Gasteiger partial charge in [0.1, 0.15) is 23.2 Å². The van der Waals surface area contributed by atoms with Crippen molar-refractivity contribution >= 4 is 23.6 Å². The number of allylic oxidation sites excluding steroid dienone is 1. The maximum absolute atomic E-state index is 13.4. The maximum Gasteiger partial charge on any atom is 0.320 e. The smallest absolute Gasteiger partial charge is 0.320 e. The highest BCUT2D eigenvalue weighted by Crippen LogP contribution is 2.38. The number of urea groups is 1. The van der Waals surface area contributed by atoms with Crippen molar-refractivity contribution < 1.29 is 14.6 Å². The third kappa shape index (κ3) is 8.32. The van der Waals surface area contributed by atoms with Crippen LogP contribution in [0.4, 0.5) is 10.6 Å². The fourth-order valence-electron chi connectivity index (χ4n) is 6.00. The molecule has 0 saturated carbocycles. The van der Waals surface area contributed by atoms with Gasteiger partial charge in [0.2, 0.25) is 5.96 Å². The van der Waals surface area contributed by atoms with Crippen LogP contribution in [-0.2, 0) is 6.54 Å². The van der Waals surface area contributed by atoms with Crippen LogP contribution in [0.2, 0.25) is 0 Å². The van der Waals surface area contributed by atoms with Gasteiger partial charge >= 0.3 is 6.03 Å². The molecule has 3 aromatic rings. The number of nitrogens with one attached hydrogen (secondary N) is 4. The Kier molecular flexibility index (Phi) is 10.7. The third-order valence-electron chi connectivity index (χ3n) is 8.83. The summed E-state index contributed by atoms with van der Waals surface area (Å²) in [5.41, 5.74) is 8.69. The molecule has 13 nitrogen and oxygen atoms in total. The number of pyridine rings is 1. The van der Waals surface area contributed by atoms with E-state index in [1.165, 1.54) is 0 Å². The van der Waals surface area contributed by atoms with Gasteiger partial charge in [-0.05, 0) is 62.3 Å². The number of benzene rings is 1. The number of amides is 2. The van der Waals surface area contributed by atoms with E-state index >= 15 is 0 Å². The first-order valence-electron chi connectivity index (χ1n) is 16.6. The molecule has 0 bridgehead atoms. The number of aliphatic imine (C=N–C) groups is 1. The number of nitrogens with two attached hydrogens (primary N) is 1. The van der Waals surface area contributed by atoms with E-state index in [0.717, 1.165) is 36.9 Å². The number of carbonyl (C=O) groups is 1. The molecule has 1 aliphatic heterocycles. The van der Waals surface area contributed by atoms with Crippen molar-refractivity contribution in [2.75, 3.05) is 13.2 Å². The van der Waals surface area contributed by atoms with Gasteiger partial charge in [0.15, 0.2) is 5.82 Å². The number of piperidine rings is 1. The zero-order chi connectivity index (χ0) is 34.4. The number of hydrogen-bond acceptors (Lipinski definition) is 8. The van der Waals surface area contributed by atoms with Gasteiger partial charge in [0.05, 0.1) is 25.4 Å². The number of aromatic nitrogens is 3. The van der Waals surface area contributed by atoms with Gasteiger partial charge in [0.25, 0.3) is 0 Å². The number of amidine groups is 1. The first-order chi connectivity index (χ1) is 22.9. The highest BCUT2D eigenvalue weighted by atomic mass is 16.5. The molecule has 0 unspecified atom stereocenters. The number of carbonyl (C=O) groups excluding carboxylic acids is 1. The molecular weight excluding hydrogens is 608 g/mol. The lowest BCUT2D eigenvalue weighted by Crippen LogP contribution is -2.47. The van der Waals surface area contributed by atoms with Gasteiger partial charge in [-0.25, -0.2) is 9.79 Å². The van der Waals surface area contributed by atoms with Crippen molar-refractivity contribution in [1.29, 1.82) is 10.8 Å². The number of nitrogens with zero attached hydrogens (tertiary/aromatic N) is 5. The highest BCUT2D eigenvalue weighted by molar-refractivity contribution is 6.05. The Balaban J connectivity index is 1.31. The summed E-state index contributed by atoms with van der Waals surface area (Å²) in [5.74, 6) is 1.49. The standard InChI is InChI=1S/C35H48N10O3/c1-23-9-7-8-17-44(23)33(38)45-22-24(12-15-30(45)37)48-28-14-13-27(25-10-5-6-11-26(25)28)39-34(47)41-32(21-29(36)35(2,3)4)40-31-16-18-43(42-31)19-20-46/h5-6,10-12,15-16,18,21-23,27-28,37-38,46H,7-9,13-14,17,19-20,36H2,1-4H3,(H2,39,40,41,42,47)/t23-,27-,28+/m0/s1. The number of aliphatic hydroxyl groups excluding tert-OH is 1. The Labute approximate surface area is 281 Å². The average molecular weight is 657 g/mol. The van der Waals surface area contributed by atoms with Crippen LogP contribution in [0.5, 0.6) is 5.75 Å². The molecule has 1 fully saturated rings. The van der Waals surface area contributed by atoms with Crippen molar-refractivity contribution in [3.63, 3.8) is 0 Å². The first kappa shape index (κ1) is 34.4. The topological polar surface area (TPSA) is 183 Å². The summed E-state index contributed by atoms with van der Waals surface area (Å²) in [6, 6.07) is 12.6. The number of hydrogen-bond donors (Lipinski definition) is 6. The maximum atomic E-state index is 13.4.